The van der Waals surface area contributed by atoms with E-state index in [0.29, 0.717) is 24.5 Å². The van der Waals surface area contributed by atoms with Crippen molar-refractivity contribution in [3.05, 3.63) is 6.92 Å². The first-order valence-corrected chi connectivity index (χ1v) is 4.48. The second kappa shape index (κ2) is 5.59. The second-order valence-corrected chi connectivity index (χ2v) is 3.78. The van der Waals surface area contributed by atoms with Gasteiger partial charge in [-0.1, -0.05) is 27.7 Å². The molecule has 0 rings (SSSR count). The van der Waals surface area contributed by atoms with Gasteiger partial charge in [0.15, 0.2) is 0 Å². The molecule has 0 aliphatic carbocycles. The first-order chi connectivity index (χ1) is 5.07. The van der Waals surface area contributed by atoms with E-state index >= 15 is 0 Å². The lowest BCUT2D eigenvalue weighted by Gasteiger charge is -2.22. The van der Waals surface area contributed by atoms with Crippen LogP contribution in [0.1, 0.15) is 34.1 Å². The molecular formula is C10H21O. The largest absolute Gasteiger partial charge is 0.378 e. The molecule has 1 unspecified atom stereocenters. The normalized spacial score (nSPS) is 14.5. The van der Waals surface area contributed by atoms with Gasteiger partial charge in [0.05, 0.1) is 6.10 Å². The molecule has 0 aromatic carbocycles. The topological polar surface area (TPSA) is 9.23 Å². The molecule has 11 heavy (non-hydrogen) atoms. The van der Waals surface area contributed by atoms with Crippen LogP contribution in [0.25, 0.3) is 0 Å². The van der Waals surface area contributed by atoms with Crippen molar-refractivity contribution in [2.24, 2.45) is 11.8 Å². The minimum Gasteiger partial charge on any atom is -0.378 e. The van der Waals surface area contributed by atoms with E-state index in [9.17, 15) is 0 Å². The third-order valence-corrected chi connectivity index (χ3v) is 1.78. The quantitative estimate of drug-likeness (QED) is 0.596. The average Bonchev–Trinajstić information content (AvgIpc) is 1.86. The number of hydrogen-bond donors (Lipinski definition) is 0. The highest BCUT2D eigenvalue weighted by atomic mass is 16.5. The fraction of sp³-hybridized carbons (Fsp3) is 0.900. The first-order valence-electron chi connectivity index (χ1n) is 4.48. The summed E-state index contributed by atoms with van der Waals surface area (Å²) in [6.45, 7) is 13.1. The minimum atomic E-state index is 0.396. The Morgan fingerprint density at radius 2 is 1.73 bits per heavy atom. The third-order valence-electron chi connectivity index (χ3n) is 1.78. The standard InChI is InChI=1S/C10H21O/c1-6-11-10(9(4)5)7-8(2)3/h8-10H,1,6-7H2,2-5H3. The van der Waals surface area contributed by atoms with E-state index in [1.54, 1.807) is 0 Å². The Bertz CT molecular complexity index is 86.9. The molecule has 0 bridgehead atoms. The maximum Gasteiger partial charge on any atom is 0.0600 e. The predicted octanol–water partition coefficient (Wildman–Crippen LogP) is 2.91. The third kappa shape index (κ3) is 5.25. The molecule has 0 N–H and O–H groups in total. The van der Waals surface area contributed by atoms with Crippen LogP contribution in [0.5, 0.6) is 0 Å². The van der Waals surface area contributed by atoms with E-state index in [1.165, 1.54) is 0 Å². The molecule has 1 nitrogen and oxygen atoms in total. The summed E-state index contributed by atoms with van der Waals surface area (Å²) in [5.41, 5.74) is 0. The lowest BCUT2D eigenvalue weighted by Crippen LogP contribution is -2.21. The van der Waals surface area contributed by atoms with Crippen LogP contribution in [0.15, 0.2) is 0 Å². The van der Waals surface area contributed by atoms with E-state index in [-0.39, 0.29) is 0 Å². The summed E-state index contributed by atoms with van der Waals surface area (Å²) in [6.07, 6.45) is 1.54. The van der Waals surface area contributed by atoms with Gasteiger partial charge in [0.1, 0.15) is 0 Å². The zero-order valence-electron chi connectivity index (χ0n) is 8.26. The van der Waals surface area contributed by atoms with Gasteiger partial charge in [-0.05, 0) is 25.2 Å². The smallest absolute Gasteiger partial charge is 0.0600 e. The van der Waals surface area contributed by atoms with Gasteiger partial charge in [0.25, 0.3) is 0 Å². The highest BCUT2D eigenvalue weighted by Gasteiger charge is 2.14. The molecular weight excluding hydrogens is 136 g/mol. The van der Waals surface area contributed by atoms with Crippen LogP contribution in [-0.4, -0.2) is 12.7 Å². The van der Waals surface area contributed by atoms with Crippen LogP contribution < -0.4 is 0 Å². The molecule has 0 spiro atoms. The van der Waals surface area contributed by atoms with Crippen molar-refractivity contribution < 1.29 is 4.74 Å². The van der Waals surface area contributed by atoms with Crippen molar-refractivity contribution in [1.29, 1.82) is 0 Å². The summed E-state index contributed by atoms with van der Waals surface area (Å²) in [4.78, 5) is 0. The maximum atomic E-state index is 5.50. The van der Waals surface area contributed by atoms with Crippen LogP contribution in [0.2, 0.25) is 0 Å². The van der Waals surface area contributed by atoms with Gasteiger partial charge in [-0.3, -0.25) is 0 Å². The predicted molar refractivity (Wildman–Crippen MR) is 49.4 cm³/mol. The van der Waals surface area contributed by atoms with Crippen molar-refractivity contribution in [1.82, 2.24) is 0 Å². The zero-order valence-corrected chi connectivity index (χ0v) is 8.26. The summed E-state index contributed by atoms with van der Waals surface area (Å²) >= 11 is 0. The van der Waals surface area contributed by atoms with Crippen molar-refractivity contribution in [2.75, 3.05) is 6.61 Å². The molecule has 0 saturated heterocycles. The van der Waals surface area contributed by atoms with E-state index in [1.807, 2.05) is 0 Å². The van der Waals surface area contributed by atoms with Gasteiger partial charge in [0.2, 0.25) is 0 Å². The Morgan fingerprint density at radius 3 is 2.00 bits per heavy atom. The summed E-state index contributed by atoms with van der Waals surface area (Å²) in [7, 11) is 0. The highest BCUT2D eigenvalue weighted by molar-refractivity contribution is 4.64. The van der Waals surface area contributed by atoms with E-state index < -0.39 is 0 Å². The summed E-state index contributed by atoms with van der Waals surface area (Å²) in [5, 5.41) is 0. The van der Waals surface area contributed by atoms with Crippen molar-refractivity contribution in [3.63, 3.8) is 0 Å². The minimum absolute atomic E-state index is 0.396. The Morgan fingerprint density at radius 1 is 1.18 bits per heavy atom. The number of hydrogen-bond acceptors (Lipinski definition) is 1. The van der Waals surface area contributed by atoms with Gasteiger partial charge in [0, 0.05) is 6.61 Å². The molecule has 0 aromatic heterocycles. The molecule has 0 aliphatic heterocycles. The maximum absolute atomic E-state index is 5.50. The highest BCUT2D eigenvalue weighted by Crippen LogP contribution is 2.15. The zero-order chi connectivity index (χ0) is 8.85. The van der Waals surface area contributed by atoms with Crippen LogP contribution in [0.3, 0.4) is 0 Å². The SMILES string of the molecule is [CH2]COC(CC(C)C)C(C)C. The van der Waals surface area contributed by atoms with Gasteiger partial charge in [-0.25, -0.2) is 0 Å². The molecule has 0 fully saturated rings. The monoisotopic (exact) mass is 157 g/mol. The molecule has 67 valence electrons. The van der Waals surface area contributed by atoms with E-state index in [2.05, 4.69) is 34.6 Å². The molecule has 1 heteroatoms. The fourth-order valence-electron chi connectivity index (χ4n) is 1.15. The Labute approximate surface area is 71.1 Å². The van der Waals surface area contributed by atoms with Gasteiger partial charge < -0.3 is 4.74 Å². The van der Waals surface area contributed by atoms with Crippen LogP contribution in [0, 0.1) is 18.8 Å². The average molecular weight is 157 g/mol. The van der Waals surface area contributed by atoms with Gasteiger partial charge >= 0.3 is 0 Å². The molecule has 0 heterocycles. The van der Waals surface area contributed by atoms with Crippen LogP contribution in [-0.2, 0) is 4.74 Å². The van der Waals surface area contributed by atoms with Gasteiger partial charge in [-0.15, -0.1) is 0 Å². The molecule has 1 radical (unpaired) electrons. The first kappa shape index (κ1) is 11.0. The number of ether oxygens (including phenoxy) is 1. The van der Waals surface area contributed by atoms with Crippen molar-refractivity contribution in [3.8, 4) is 0 Å². The van der Waals surface area contributed by atoms with Crippen LogP contribution in [0.4, 0.5) is 0 Å². The van der Waals surface area contributed by atoms with Crippen LogP contribution >= 0.6 is 0 Å². The van der Waals surface area contributed by atoms with Crippen molar-refractivity contribution >= 4 is 0 Å². The molecule has 0 aromatic rings. The van der Waals surface area contributed by atoms with E-state index in [0.717, 1.165) is 6.42 Å². The lowest BCUT2D eigenvalue weighted by atomic mass is 9.97. The molecule has 0 amide bonds. The molecule has 1 atom stereocenters. The summed E-state index contributed by atoms with van der Waals surface area (Å²) in [6, 6.07) is 0. The lowest BCUT2D eigenvalue weighted by molar-refractivity contribution is 0.0248. The Kier molecular flexibility index (Phi) is 5.57. The Balaban J connectivity index is 3.69. The van der Waals surface area contributed by atoms with Crippen molar-refractivity contribution in [2.45, 2.75) is 40.2 Å². The summed E-state index contributed by atoms with van der Waals surface area (Å²) < 4.78 is 5.50. The number of rotatable bonds is 5. The summed E-state index contributed by atoms with van der Waals surface area (Å²) in [5.74, 6) is 1.33. The van der Waals surface area contributed by atoms with Gasteiger partial charge in [-0.2, -0.15) is 0 Å². The molecule has 0 saturated carbocycles. The van der Waals surface area contributed by atoms with E-state index in [4.69, 9.17) is 4.74 Å². The fourth-order valence-corrected chi connectivity index (χ4v) is 1.15. The Hall–Kier alpha value is -0.0400. The molecule has 0 aliphatic rings. The second-order valence-electron chi connectivity index (χ2n) is 3.78.